The zero-order chi connectivity index (χ0) is 69.7. The molecule has 95 heavy (non-hydrogen) atoms. The summed E-state index contributed by atoms with van der Waals surface area (Å²) in [5.41, 5.74) is -3.41. The first-order valence-electron chi connectivity index (χ1n) is 28.7. The number of alkyl halides is 2. The van der Waals surface area contributed by atoms with E-state index >= 15 is 4.39 Å². The van der Waals surface area contributed by atoms with Gasteiger partial charge in [-0.05, 0) is 129 Å². The number of nitrogens with zero attached hydrogens (tertiary/aromatic N) is 8. The average Bonchev–Trinajstić information content (AvgIpc) is 1.56. The number of cyclic esters (lactones) is 1. The molecule has 509 valence electrons. The van der Waals surface area contributed by atoms with Crippen molar-refractivity contribution in [2.75, 3.05) is 58.1 Å². The van der Waals surface area contributed by atoms with Crippen molar-refractivity contribution in [3.8, 4) is 0 Å². The molecule has 0 amide bonds. The molecule has 3 aliphatic rings. The summed E-state index contributed by atoms with van der Waals surface area (Å²) in [6, 6.07) is 32.4. The Labute approximate surface area is 570 Å². The van der Waals surface area contributed by atoms with Gasteiger partial charge in [0.25, 0.3) is 5.79 Å². The normalized spacial score (nSPS) is 20.5. The van der Waals surface area contributed by atoms with Gasteiger partial charge in [0, 0.05) is 29.0 Å². The monoisotopic (exact) mass is 1460 g/mol. The van der Waals surface area contributed by atoms with Crippen molar-refractivity contribution in [1.29, 1.82) is 0 Å². The van der Waals surface area contributed by atoms with Crippen LogP contribution >= 0.6 is 63.0 Å². The smallest absolute Gasteiger partial charge is 0.354 e. The third kappa shape index (κ3) is 20.9. The number of thioether (sulfide) groups is 4. The molecule has 0 bridgehead atoms. The molecule has 4 aromatic carbocycles. The standard InChI is InChI=1S/C27H25FN4O6S2.C20H17FO6.C7H7BrN4S2.C4H8O.C2H5BF.C2H6O.F2/c1-26(28)20(37-24(34)17-12-8-5-9-13-17)18(15-36-23(33)16-10-6-4-7-11-16)38-27(26,35)19-14-29-21-22(39-2)30-25(40-3)31-32(19)21;1-20(21)16(27-18(23)14-10-6-3-7-11-14)15(26-19(20)24)12-25-17(22)13-8-4-2-5-9-13;1-13-6-5-9-3-4(8)12(5)11-7(10-6)14-2;1-2-4-5-3-1;1-2-3-4;1-2-3;1-2/h4-14,18,20,35H,15H2,1-3H3;2-11,15-16H,12H2,1H3;3H,1-2H3;1-4H2;2H2,1H3;3H,2H2,1H3;/t18-,20-,26-,27?;15-,16-,20-;;;;;/m11...../s1. The number of aromatic nitrogens is 8. The summed E-state index contributed by atoms with van der Waals surface area (Å²) in [5, 5.41) is 30.6. The van der Waals surface area contributed by atoms with Gasteiger partial charge in [-0.15, -0.1) is 33.7 Å². The summed E-state index contributed by atoms with van der Waals surface area (Å²) in [7, 11) is 0.625. The van der Waals surface area contributed by atoms with Crippen LogP contribution in [0, 0.1) is 0 Å². The van der Waals surface area contributed by atoms with E-state index in [1.807, 2.05) is 12.5 Å². The molecule has 7 heterocycles. The minimum Gasteiger partial charge on any atom is -0.459 e. The van der Waals surface area contributed by atoms with Gasteiger partial charge in [0.05, 0.1) is 34.6 Å². The maximum Gasteiger partial charge on any atom is 0.354 e. The topological polar surface area (TPSA) is 277 Å². The minimum absolute atomic E-state index is 0.141. The van der Waals surface area contributed by atoms with Gasteiger partial charge in [0.1, 0.15) is 39.7 Å². The van der Waals surface area contributed by atoms with E-state index in [1.165, 1.54) is 83.1 Å². The van der Waals surface area contributed by atoms with Gasteiger partial charge in [0.15, 0.2) is 29.6 Å². The zero-order valence-corrected chi connectivity index (χ0v) is 57.4. The number of imidazole rings is 2. The number of ether oxygens (including phenoxy) is 7. The fraction of sp³-hybridized carbons (Fsp3) is 0.371. The van der Waals surface area contributed by atoms with Crippen LogP contribution in [0.5, 0.6) is 0 Å². The van der Waals surface area contributed by atoms with Crippen molar-refractivity contribution in [3.63, 3.8) is 0 Å². The zero-order valence-electron chi connectivity index (χ0n) is 52.5. The molecule has 8 aromatic rings. The lowest BCUT2D eigenvalue weighted by molar-refractivity contribution is -0.256. The minimum atomic E-state index is -2.73. The number of carbonyl (C=O) groups excluding carboxylic acids is 5. The Morgan fingerprint density at radius 2 is 1.03 bits per heavy atom. The van der Waals surface area contributed by atoms with Crippen LogP contribution in [-0.2, 0) is 43.7 Å². The van der Waals surface area contributed by atoms with E-state index < -0.39 is 84.6 Å². The van der Waals surface area contributed by atoms with E-state index in [0.29, 0.717) is 29.6 Å². The molecule has 3 fully saturated rings. The van der Waals surface area contributed by atoms with Crippen molar-refractivity contribution in [2.45, 2.75) is 109 Å². The Hall–Kier alpha value is -7.24. The first-order valence-corrected chi connectivity index (χ1v) is 34.4. The van der Waals surface area contributed by atoms with Crippen molar-refractivity contribution in [2.24, 2.45) is 0 Å². The van der Waals surface area contributed by atoms with Gasteiger partial charge in [-0.3, -0.25) is 0 Å². The highest BCUT2D eigenvalue weighted by Crippen LogP contribution is 2.50. The molecule has 0 aliphatic carbocycles. The number of aliphatic hydroxyl groups is 2. The maximum absolute atomic E-state index is 16.9. The number of rotatable bonds is 16. The summed E-state index contributed by atoms with van der Waals surface area (Å²) < 4.78 is 99.1. The number of carbonyl (C=O) groups is 5. The van der Waals surface area contributed by atoms with Crippen LogP contribution in [0.4, 0.5) is 22.2 Å². The van der Waals surface area contributed by atoms with Crippen molar-refractivity contribution < 1.29 is 89.6 Å². The molecular weight excluding hydrogens is 1390 g/mol. The van der Waals surface area contributed by atoms with Crippen LogP contribution in [0.25, 0.3) is 11.3 Å². The van der Waals surface area contributed by atoms with Crippen molar-refractivity contribution in [1.82, 2.24) is 39.2 Å². The lowest BCUT2D eigenvalue weighted by atomic mass is 9.89. The van der Waals surface area contributed by atoms with E-state index in [0.717, 1.165) is 47.5 Å². The SMILES string of the molecule is C1CCOC1.CCO.CC[B]F.CSc1nc(SC)c2ncc(Br)n2n1.CSc1nc(SC)c2ncc(C3(O)O[C@H](COC(=O)c4ccccc4)[C@@H](OC(=O)c4ccccc4)[C@@]3(C)F)n2n1.C[C@]1(F)C(=O)O[C@H](COC(=O)c2ccccc2)[C@H]1OC(=O)c1ccccc1.FF. The summed E-state index contributed by atoms with van der Waals surface area (Å²) >= 11 is 9.04. The lowest BCUT2D eigenvalue weighted by Crippen LogP contribution is -2.51. The molecule has 1 unspecified atom stereocenters. The van der Waals surface area contributed by atoms with Crippen molar-refractivity contribution >= 4 is 112 Å². The van der Waals surface area contributed by atoms with Gasteiger partial charge in [-0.1, -0.05) is 103 Å². The number of aliphatic hydroxyl groups excluding tert-OH is 1. The molecule has 4 aromatic heterocycles. The maximum atomic E-state index is 16.9. The molecule has 3 aliphatic heterocycles. The van der Waals surface area contributed by atoms with Gasteiger partial charge in [-0.2, -0.15) is 0 Å². The fourth-order valence-corrected chi connectivity index (χ4v) is 10.8. The first kappa shape index (κ1) is 78.5. The Balaban J connectivity index is 0.000000253. The molecule has 11 rings (SSSR count). The number of benzene rings is 4. The van der Waals surface area contributed by atoms with E-state index in [9.17, 15) is 37.8 Å². The molecule has 0 saturated carbocycles. The molecule has 0 spiro atoms. The number of fused-ring (bicyclic) bond motifs is 2. The highest BCUT2D eigenvalue weighted by molar-refractivity contribution is 9.10. The highest BCUT2D eigenvalue weighted by Gasteiger charge is 2.68. The molecule has 22 nitrogen and oxygen atoms in total. The second-order valence-corrected chi connectivity index (χ2v) is 23.8. The quantitative estimate of drug-likeness (QED) is 0.0299. The largest absolute Gasteiger partial charge is 0.459 e. The summed E-state index contributed by atoms with van der Waals surface area (Å²) in [5.74, 6) is -6.86. The van der Waals surface area contributed by atoms with E-state index in [1.54, 1.807) is 146 Å². The van der Waals surface area contributed by atoms with Crippen LogP contribution in [-0.4, -0.2) is 181 Å². The van der Waals surface area contributed by atoms with Gasteiger partial charge in [-0.25, -0.2) is 61.7 Å². The predicted octanol–water partition coefficient (Wildman–Crippen LogP) is 11.6. The van der Waals surface area contributed by atoms with E-state index in [2.05, 4.69) is 46.1 Å². The molecule has 2 N–H and O–H groups in total. The van der Waals surface area contributed by atoms with Crippen LogP contribution in [0.2, 0.25) is 6.32 Å². The fourth-order valence-electron chi connectivity index (χ4n) is 8.63. The van der Waals surface area contributed by atoms with Crippen LogP contribution < -0.4 is 0 Å². The van der Waals surface area contributed by atoms with Crippen LogP contribution in [0.1, 0.15) is 87.7 Å². The van der Waals surface area contributed by atoms with Gasteiger partial charge in [0.2, 0.25) is 21.7 Å². The van der Waals surface area contributed by atoms with Gasteiger partial charge < -0.3 is 47.7 Å². The number of hydrogen-bond acceptors (Lipinski definition) is 24. The Kier molecular flexibility index (Phi) is 32.3. The molecule has 33 heteroatoms. The molecular formula is C62H68BBrF5N8O14S4. The lowest BCUT2D eigenvalue weighted by Gasteiger charge is -2.32. The Bertz CT molecular complexity index is 3710. The summed E-state index contributed by atoms with van der Waals surface area (Å²) in [6.07, 6.45) is 7.72. The molecule has 1 radical (unpaired) electrons. The summed E-state index contributed by atoms with van der Waals surface area (Å²) in [6.45, 7) is 6.75. The van der Waals surface area contributed by atoms with Crippen LogP contribution in [0.15, 0.2) is 159 Å². The van der Waals surface area contributed by atoms with E-state index in [4.69, 9.17) is 47.4 Å². The predicted molar refractivity (Wildman–Crippen MR) is 351 cm³/mol. The van der Waals surface area contributed by atoms with Gasteiger partial charge >= 0.3 is 37.4 Å². The molecule has 3 saturated heterocycles. The third-order valence-electron chi connectivity index (χ3n) is 13.3. The summed E-state index contributed by atoms with van der Waals surface area (Å²) in [4.78, 5) is 79.0. The van der Waals surface area contributed by atoms with E-state index in [-0.39, 0.29) is 34.6 Å². The highest BCUT2D eigenvalue weighted by atomic mass is 79.9. The van der Waals surface area contributed by atoms with Crippen molar-refractivity contribution in [3.05, 3.63) is 166 Å². The second kappa shape index (κ2) is 39.1. The first-order chi connectivity index (χ1) is 45.7. The number of esters is 5. The number of halogens is 6. The Morgan fingerprint density at radius 1 is 0.642 bits per heavy atom. The Morgan fingerprint density at radius 3 is 1.43 bits per heavy atom. The third-order valence-corrected chi connectivity index (χ3v) is 16.3. The number of hydrogen-bond donors (Lipinski definition) is 2. The second-order valence-electron chi connectivity index (χ2n) is 19.8. The van der Waals surface area contributed by atoms with Crippen LogP contribution in [0.3, 0.4) is 0 Å². The molecule has 7 atom stereocenters. The average molecular weight is 1460 g/mol.